The van der Waals surface area contributed by atoms with Crippen LogP contribution in [0.25, 0.3) is 22.3 Å². The molecule has 0 amide bonds. The lowest BCUT2D eigenvalue weighted by molar-refractivity contribution is 0.610. The predicted molar refractivity (Wildman–Crippen MR) is 116 cm³/mol. The van der Waals surface area contributed by atoms with Crippen LogP contribution in [0.1, 0.15) is 33.4 Å². The topological polar surface area (TPSA) is 30.2 Å². The van der Waals surface area contributed by atoms with Crippen LogP contribution in [0, 0.1) is 27.7 Å². The van der Waals surface area contributed by atoms with E-state index in [1.54, 1.807) is 0 Å². The van der Waals surface area contributed by atoms with Gasteiger partial charge in [0.15, 0.2) is 5.43 Å². The zero-order valence-electron chi connectivity index (χ0n) is 16.8. The molecule has 3 aromatic carbocycles. The van der Waals surface area contributed by atoms with Crippen LogP contribution >= 0.6 is 0 Å². The third-order valence-corrected chi connectivity index (χ3v) is 5.64. The fourth-order valence-corrected chi connectivity index (χ4v) is 3.82. The monoisotopic (exact) mass is 368 g/mol. The molecule has 0 radical (unpaired) electrons. The van der Waals surface area contributed by atoms with Gasteiger partial charge in [-0.05, 0) is 61.6 Å². The molecule has 28 heavy (non-hydrogen) atoms. The molecule has 0 unspecified atom stereocenters. The fourth-order valence-electron chi connectivity index (χ4n) is 3.82. The van der Waals surface area contributed by atoms with Gasteiger partial charge in [0, 0.05) is 17.5 Å². The molecule has 0 fully saturated rings. The van der Waals surface area contributed by atoms with Crippen molar-refractivity contribution in [3.05, 3.63) is 104 Å². The number of benzene rings is 3. The average Bonchev–Trinajstić information content (AvgIpc) is 2.70. The molecule has 140 valence electrons. The summed E-state index contributed by atoms with van der Waals surface area (Å²) < 4.78 is 6.35. The molecular weight excluding hydrogens is 344 g/mol. The van der Waals surface area contributed by atoms with E-state index in [1.807, 2.05) is 49.4 Å². The van der Waals surface area contributed by atoms with Crippen molar-refractivity contribution in [3.63, 3.8) is 0 Å². The number of hydrogen-bond donors (Lipinski definition) is 0. The summed E-state index contributed by atoms with van der Waals surface area (Å²) in [6, 6.07) is 20.2. The SMILES string of the molecule is Cc1cc(Cc2cccc3c(=O)c(C)c(-c4ccccc4)oc23)cc(C)c1C. The van der Waals surface area contributed by atoms with Crippen molar-refractivity contribution in [1.82, 2.24) is 0 Å². The third kappa shape index (κ3) is 3.16. The maximum absolute atomic E-state index is 13.0. The van der Waals surface area contributed by atoms with Crippen LogP contribution in [0.5, 0.6) is 0 Å². The lowest BCUT2D eigenvalue weighted by Crippen LogP contribution is -2.08. The zero-order chi connectivity index (χ0) is 19.8. The number of para-hydroxylation sites is 1. The van der Waals surface area contributed by atoms with Crippen LogP contribution in [-0.4, -0.2) is 0 Å². The van der Waals surface area contributed by atoms with Crippen molar-refractivity contribution in [3.8, 4) is 11.3 Å². The number of fused-ring (bicyclic) bond motifs is 1. The standard InChI is InChI=1S/C26H24O2/c1-16-13-20(14-17(2)18(16)3)15-22-11-8-12-23-24(27)19(4)25(28-26(22)23)21-9-6-5-7-10-21/h5-14H,15H2,1-4H3. The highest BCUT2D eigenvalue weighted by Crippen LogP contribution is 2.28. The van der Waals surface area contributed by atoms with Crippen molar-refractivity contribution >= 4 is 11.0 Å². The van der Waals surface area contributed by atoms with E-state index >= 15 is 0 Å². The Bertz CT molecular complexity index is 1210. The first-order valence-electron chi connectivity index (χ1n) is 9.63. The summed E-state index contributed by atoms with van der Waals surface area (Å²) in [6.07, 6.45) is 0.736. The molecule has 0 saturated carbocycles. The molecule has 0 N–H and O–H groups in total. The second-order valence-electron chi connectivity index (χ2n) is 7.58. The van der Waals surface area contributed by atoms with E-state index in [0.717, 1.165) is 17.5 Å². The molecule has 4 aromatic rings. The second kappa shape index (κ2) is 7.12. The largest absolute Gasteiger partial charge is 0.455 e. The Balaban J connectivity index is 1.91. The van der Waals surface area contributed by atoms with E-state index in [1.165, 1.54) is 22.3 Å². The third-order valence-electron chi connectivity index (χ3n) is 5.64. The average molecular weight is 368 g/mol. The van der Waals surface area contributed by atoms with Gasteiger partial charge in [-0.3, -0.25) is 4.79 Å². The summed E-state index contributed by atoms with van der Waals surface area (Å²) in [5.41, 5.74) is 8.48. The molecule has 0 atom stereocenters. The van der Waals surface area contributed by atoms with E-state index in [0.29, 0.717) is 22.3 Å². The lowest BCUT2D eigenvalue weighted by atomic mass is 9.95. The van der Waals surface area contributed by atoms with Gasteiger partial charge in [-0.1, -0.05) is 54.6 Å². The quantitative estimate of drug-likeness (QED) is 0.426. The van der Waals surface area contributed by atoms with Gasteiger partial charge in [-0.2, -0.15) is 0 Å². The van der Waals surface area contributed by atoms with Gasteiger partial charge in [-0.15, -0.1) is 0 Å². The Labute approximate surface area is 165 Å². The van der Waals surface area contributed by atoms with Crippen LogP contribution in [0.2, 0.25) is 0 Å². The molecule has 0 bridgehead atoms. The van der Waals surface area contributed by atoms with Crippen LogP contribution in [-0.2, 0) is 6.42 Å². The molecule has 0 saturated heterocycles. The first-order chi connectivity index (χ1) is 13.5. The molecule has 4 rings (SSSR count). The molecular formula is C26H24O2. The Morgan fingerprint density at radius 2 is 1.46 bits per heavy atom. The highest BCUT2D eigenvalue weighted by molar-refractivity contribution is 5.83. The van der Waals surface area contributed by atoms with Gasteiger partial charge in [0.05, 0.1) is 5.39 Å². The van der Waals surface area contributed by atoms with E-state index < -0.39 is 0 Å². The molecule has 2 nitrogen and oxygen atoms in total. The van der Waals surface area contributed by atoms with Gasteiger partial charge < -0.3 is 4.42 Å². The number of hydrogen-bond acceptors (Lipinski definition) is 2. The van der Waals surface area contributed by atoms with Gasteiger partial charge in [0.25, 0.3) is 0 Å². The smallest absolute Gasteiger partial charge is 0.196 e. The van der Waals surface area contributed by atoms with Crippen LogP contribution in [0.15, 0.2) is 69.9 Å². The summed E-state index contributed by atoms with van der Waals surface area (Å²) in [5, 5.41) is 0.648. The maximum atomic E-state index is 13.0. The highest BCUT2D eigenvalue weighted by Gasteiger charge is 2.15. The molecule has 0 aliphatic heterocycles. The van der Waals surface area contributed by atoms with Crippen LogP contribution < -0.4 is 5.43 Å². The van der Waals surface area contributed by atoms with E-state index in [4.69, 9.17) is 4.42 Å². The summed E-state index contributed by atoms with van der Waals surface area (Å²) >= 11 is 0. The van der Waals surface area contributed by atoms with Crippen molar-refractivity contribution in [1.29, 1.82) is 0 Å². The Hall–Kier alpha value is -3.13. The summed E-state index contributed by atoms with van der Waals surface area (Å²) in [7, 11) is 0. The van der Waals surface area contributed by atoms with Gasteiger partial charge in [0.2, 0.25) is 0 Å². The van der Waals surface area contributed by atoms with Crippen molar-refractivity contribution in [2.75, 3.05) is 0 Å². The zero-order valence-corrected chi connectivity index (χ0v) is 16.8. The molecule has 0 aliphatic rings. The number of rotatable bonds is 3. The van der Waals surface area contributed by atoms with Crippen molar-refractivity contribution in [2.45, 2.75) is 34.1 Å². The van der Waals surface area contributed by atoms with Gasteiger partial charge in [0.1, 0.15) is 11.3 Å². The first-order valence-corrected chi connectivity index (χ1v) is 9.63. The van der Waals surface area contributed by atoms with E-state index in [9.17, 15) is 4.79 Å². The van der Waals surface area contributed by atoms with Crippen LogP contribution in [0.3, 0.4) is 0 Å². The van der Waals surface area contributed by atoms with Gasteiger partial charge >= 0.3 is 0 Å². The molecule has 0 spiro atoms. The maximum Gasteiger partial charge on any atom is 0.196 e. The summed E-state index contributed by atoms with van der Waals surface area (Å²) in [5.74, 6) is 0.654. The Morgan fingerprint density at radius 3 is 2.14 bits per heavy atom. The molecule has 1 heterocycles. The van der Waals surface area contributed by atoms with E-state index in [2.05, 4.69) is 39.0 Å². The lowest BCUT2D eigenvalue weighted by Gasteiger charge is -2.12. The molecule has 0 aliphatic carbocycles. The predicted octanol–water partition coefficient (Wildman–Crippen LogP) is 6.28. The normalized spacial score (nSPS) is 11.1. The van der Waals surface area contributed by atoms with Crippen molar-refractivity contribution < 1.29 is 4.42 Å². The first kappa shape index (κ1) is 18.2. The molecule has 2 heteroatoms. The second-order valence-corrected chi connectivity index (χ2v) is 7.58. The Kier molecular flexibility index (Phi) is 4.64. The minimum absolute atomic E-state index is 0.0400. The number of aryl methyl sites for hydroxylation is 2. The highest BCUT2D eigenvalue weighted by atomic mass is 16.3. The fraction of sp³-hybridized carbons (Fsp3) is 0.192. The van der Waals surface area contributed by atoms with Crippen LogP contribution in [0.4, 0.5) is 0 Å². The van der Waals surface area contributed by atoms with Crippen molar-refractivity contribution in [2.24, 2.45) is 0 Å². The molecule has 1 aromatic heterocycles. The minimum atomic E-state index is 0.0400. The summed E-state index contributed by atoms with van der Waals surface area (Å²) in [6.45, 7) is 8.28. The Morgan fingerprint density at radius 1 is 0.786 bits per heavy atom. The minimum Gasteiger partial charge on any atom is -0.455 e. The summed E-state index contributed by atoms with van der Waals surface area (Å²) in [4.78, 5) is 13.0. The van der Waals surface area contributed by atoms with E-state index in [-0.39, 0.29) is 5.43 Å². The van der Waals surface area contributed by atoms with Gasteiger partial charge in [-0.25, -0.2) is 0 Å².